The maximum atomic E-state index is 10.5. The first-order valence-electron chi connectivity index (χ1n) is 5.01. The van der Waals surface area contributed by atoms with Gasteiger partial charge >= 0.3 is 0 Å². The summed E-state index contributed by atoms with van der Waals surface area (Å²) < 4.78 is 5.25. The molecule has 2 rings (SSSR count). The SMILES string of the molecule is Cc1cnc(CNc2ncc([N+](=O)[O-])cc2Cl)o1. The van der Waals surface area contributed by atoms with Gasteiger partial charge in [-0.1, -0.05) is 11.6 Å². The van der Waals surface area contributed by atoms with Crippen LogP contribution in [0, 0.1) is 17.0 Å². The van der Waals surface area contributed by atoms with E-state index in [0.29, 0.717) is 24.0 Å². The van der Waals surface area contributed by atoms with Crippen molar-refractivity contribution in [2.45, 2.75) is 13.5 Å². The Balaban J connectivity index is 2.08. The molecule has 0 aliphatic rings. The Hall–Kier alpha value is -2.15. The Morgan fingerprint density at radius 1 is 1.50 bits per heavy atom. The van der Waals surface area contributed by atoms with Gasteiger partial charge in [-0.05, 0) is 6.92 Å². The summed E-state index contributed by atoms with van der Waals surface area (Å²) >= 11 is 5.86. The van der Waals surface area contributed by atoms with Crippen molar-refractivity contribution in [3.05, 3.63) is 45.2 Å². The molecule has 0 bridgehead atoms. The van der Waals surface area contributed by atoms with Gasteiger partial charge in [-0.25, -0.2) is 9.97 Å². The van der Waals surface area contributed by atoms with Crippen LogP contribution >= 0.6 is 11.6 Å². The smallest absolute Gasteiger partial charge is 0.289 e. The molecule has 8 heteroatoms. The third-order valence-corrected chi connectivity index (χ3v) is 2.40. The summed E-state index contributed by atoms with van der Waals surface area (Å²) in [5, 5.41) is 13.6. The predicted octanol–water partition coefficient (Wildman–Crippen LogP) is 2.55. The zero-order valence-electron chi connectivity index (χ0n) is 9.38. The van der Waals surface area contributed by atoms with Crippen LogP contribution in [0.25, 0.3) is 0 Å². The summed E-state index contributed by atoms with van der Waals surface area (Å²) in [4.78, 5) is 17.8. The molecule has 2 aromatic heterocycles. The van der Waals surface area contributed by atoms with Gasteiger partial charge in [-0.3, -0.25) is 10.1 Å². The molecular formula is C10H9ClN4O3. The lowest BCUT2D eigenvalue weighted by Gasteiger charge is -2.04. The standard InChI is InChI=1S/C10H9ClN4O3/c1-6-3-12-9(18-6)5-14-10-8(11)2-7(4-13-10)15(16)17/h2-4H,5H2,1H3,(H,13,14). The van der Waals surface area contributed by atoms with Crippen LogP contribution in [0.2, 0.25) is 5.02 Å². The van der Waals surface area contributed by atoms with Gasteiger partial charge in [0.15, 0.2) is 0 Å². The summed E-state index contributed by atoms with van der Waals surface area (Å²) in [5.74, 6) is 1.54. The molecule has 2 aromatic rings. The van der Waals surface area contributed by atoms with E-state index >= 15 is 0 Å². The highest BCUT2D eigenvalue weighted by Crippen LogP contribution is 2.24. The van der Waals surface area contributed by atoms with Crippen molar-refractivity contribution in [1.82, 2.24) is 9.97 Å². The van der Waals surface area contributed by atoms with Crippen molar-refractivity contribution in [1.29, 1.82) is 0 Å². The minimum atomic E-state index is -0.555. The number of nitro groups is 1. The molecule has 94 valence electrons. The van der Waals surface area contributed by atoms with E-state index in [1.807, 2.05) is 0 Å². The Morgan fingerprint density at radius 2 is 2.28 bits per heavy atom. The number of rotatable bonds is 4. The molecule has 0 spiro atoms. The van der Waals surface area contributed by atoms with Gasteiger partial charge in [0.2, 0.25) is 5.89 Å². The van der Waals surface area contributed by atoms with Crippen molar-refractivity contribution in [2.75, 3.05) is 5.32 Å². The van der Waals surface area contributed by atoms with E-state index in [4.69, 9.17) is 16.0 Å². The van der Waals surface area contributed by atoms with Crippen LogP contribution in [0.1, 0.15) is 11.7 Å². The van der Waals surface area contributed by atoms with Gasteiger partial charge in [0.1, 0.15) is 17.8 Å². The molecule has 18 heavy (non-hydrogen) atoms. The number of aryl methyl sites for hydroxylation is 1. The molecule has 0 unspecified atom stereocenters. The number of hydrogen-bond donors (Lipinski definition) is 1. The van der Waals surface area contributed by atoms with Crippen LogP contribution in [0.4, 0.5) is 11.5 Å². The summed E-state index contributed by atoms with van der Waals surface area (Å²) in [6, 6.07) is 1.23. The lowest BCUT2D eigenvalue weighted by molar-refractivity contribution is -0.385. The Bertz CT molecular complexity index is 584. The fraction of sp³-hybridized carbons (Fsp3) is 0.200. The fourth-order valence-electron chi connectivity index (χ4n) is 1.30. The zero-order valence-corrected chi connectivity index (χ0v) is 10.1. The number of aromatic nitrogens is 2. The average Bonchev–Trinajstić information content (AvgIpc) is 2.73. The summed E-state index contributed by atoms with van der Waals surface area (Å²) in [6.45, 7) is 2.09. The maximum Gasteiger partial charge on any atom is 0.289 e. The van der Waals surface area contributed by atoms with Crippen LogP contribution in [-0.4, -0.2) is 14.9 Å². The first-order valence-corrected chi connectivity index (χ1v) is 5.39. The Morgan fingerprint density at radius 3 is 2.83 bits per heavy atom. The van der Waals surface area contributed by atoms with Gasteiger partial charge < -0.3 is 9.73 Å². The number of nitrogens with zero attached hydrogens (tertiary/aromatic N) is 3. The molecule has 0 atom stereocenters. The first kappa shape index (κ1) is 12.3. The average molecular weight is 269 g/mol. The van der Waals surface area contributed by atoms with Crippen LogP contribution in [-0.2, 0) is 6.54 Å². The van der Waals surface area contributed by atoms with Crippen LogP contribution in [0.3, 0.4) is 0 Å². The Kier molecular flexibility index (Phi) is 3.42. The first-order chi connectivity index (χ1) is 8.56. The molecule has 0 saturated carbocycles. The van der Waals surface area contributed by atoms with E-state index in [0.717, 1.165) is 6.20 Å². The second-order valence-electron chi connectivity index (χ2n) is 3.50. The van der Waals surface area contributed by atoms with Crippen molar-refractivity contribution in [2.24, 2.45) is 0 Å². The van der Waals surface area contributed by atoms with Crippen LogP contribution in [0.15, 0.2) is 22.9 Å². The van der Waals surface area contributed by atoms with Gasteiger partial charge in [-0.15, -0.1) is 0 Å². The van der Waals surface area contributed by atoms with Crippen molar-refractivity contribution >= 4 is 23.1 Å². The van der Waals surface area contributed by atoms with E-state index in [-0.39, 0.29) is 10.7 Å². The molecule has 0 radical (unpaired) electrons. The topological polar surface area (TPSA) is 94.1 Å². The lowest BCUT2D eigenvalue weighted by atomic mass is 10.4. The number of oxazole rings is 1. The third-order valence-electron chi connectivity index (χ3n) is 2.11. The molecule has 0 aliphatic heterocycles. The molecule has 0 fully saturated rings. The van der Waals surface area contributed by atoms with Crippen LogP contribution in [0.5, 0.6) is 0 Å². The molecule has 0 aromatic carbocycles. The van der Waals surface area contributed by atoms with Gasteiger partial charge in [0.25, 0.3) is 5.69 Å². The summed E-state index contributed by atoms with van der Waals surface area (Å²) in [5.41, 5.74) is -0.155. The number of nitrogens with one attached hydrogen (secondary N) is 1. The lowest BCUT2D eigenvalue weighted by Crippen LogP contribution is -2.02. The van der Waals surface area contributed by atoms with Gasteiger partial charge in [0.05, 0.1) is 22.7 Å². The predicted molar refractivity (Wildman–Crippen MR) is 64.5 cm³/mol. The molecule has 0 aliphatic carbocycles. The highest BCUT2D eigenvalue weighted by Gasteiger charge is 2.11. The molecule has 1 N–H and O–H groups in total. The molecule has 0 saturated heterocycles. The number of pyridine rings is 1. The van der Waals surface area contributed by atoms with Gasteiger partial charge in [-0.2, -0.15) is 0 Å². The van der Waals surface area contributed by atoms with Crippen molar-refractivity contribution in [3.8, 4) is 0 Å². The van der Waals surface area contributed by atoms with Gasteiger partial charge in [0, 0.05) is 6.07 Å². The van der Waals surface area contributed by atoms with Crippen molar-refractivity contribution < 1.29 is 9.34 Å². The molecular weight excluding hydrogens is 260 g/mol. The third kappa shape index (κ3) is 2.75. The zero-order chi connectivity index (χ0) is 13.1. The van der Waals surface area contributed by atoms with E-state index in [1.54, 1.807) is 13.1 Å². The highest BCUT2D eigenvalue weighted by atomic mass is 35.5. The second kappa shape index (κ2) is 5.01. The fourth-order valence-corrected chi connectivity index (χ4v) is 1.53. The summed E-state index contributed by atoms with van der Waals surface area (Å²) in [7, 11) is 0. The minimum Gasteiger partial charge on any atom is -0.444 e. The van der Waals surface area contributed by atoms with Crippen LogP contribution < -0.4 is 5.32 Å². The van der Waals surface area contributed by atoms with E-state index in [2.05, 4.69) is 15.3 Å². The number of hydrogen-bond acceptors (Lipinski definition) is 6. The largest absolute Gasteiger partial charge is 0.444 e. The molecule has 2 heterocycles. The number of halogens is 1. The van der Waals surface area contributed by atoms with Crippen molar-refractivity contribution in [3.63, 3.8) is 0 Å². The summed E-state index contributed by atoms with van der Waals surface area (Å²) in [6.07, 6.45) is 2.73. The monoisotopic (exact) mass is 268 g/mol. The molecule has 0 amide bonds. The number of anilines is 1. The highest BCUT2D eigenvalue weighted by molar-refractivity contribution is 6.33. The maximum absolute atomic E-state index is 10.5. The minimum absolute atomic E-state index is 0.155. The van der Waals surface area contributed by atoms with E-state index < -0.39 is 4.92 Å². The normalized spacial score (nSPS) is 10.3. The molecule has 7 nitrogen and oxygen atoms in total. The van der Waals surface area contributed by atoms with E-state index in [1.165, 1.54) is 6.07 Å². The second-order valence-corrected chi connectivity index (χ2v) is 3.91. The quantitative estimate of drug-likeness (QED) is 0.676. The van der Waals surface area contributed by atoms with E-state index in [9.17, 15) is 10.1 Å². The Labute approximate surface area is 107 Å².